The van der Waals surface area contributed by atoms with Gasteiger partial charge in [-0.25, -0.2) is 0 Å². The third-order valence-electron chi connectivity index (χ3n) is 1.24. The first-order chi connectivity index (χ1) is 4.85. The SMILES string of the molecule is C\C=C/C=C\C(=C/N)CC. The first-order valence-electron chi connectivity index (χ1n) is 3.55. The molecule has 0 heterocycles. The lowest BCUT2D eigenvalue weighted by Gasteiger charge is -1.90. The molecule has 0 bridgehead atoms. The van der Waals surface area contributed by atoms with Gasteiger partial charge in [-0.15, -0.1) is 0 Å². The lowest BCUT2D eigenvalue weighted by Crippen LogP contribution is -1.82. The molecule has 0 aromatic heterocycles. The van der Waals surface area contributed by atoms with Crippen molar-refractivity contribution in [2.45, 2.75) is 20.3 Å². The molecular weight excluding hydrogens is 122 g/mol. The van der Waals surface area contributed by atoms with Gasteiger partial charge in [-0.05, 0) is 25.1 Å². The molecule has 10 heavy (non-hydrogen) atoms. The normalized spacial score (nSPS) is 13.6. The zero-order valence-corrected chi connectivity index (χ0v) is 6.67. The third kappa shape index (κ3) is 3.96. The van der Waals surface area contributed by atoms with Gasteiger partial charge in [0.15, 0.2) is 0 Å². The van der Waals surface area contributed by atoms with Crippen molar-refractivity contribution in [2.75, 3.05) is 0 Å². The van der Waals surface area contributed by atoms with Gasteiger partial charge in [-0.1, -0.05) is 31.2 Å². The highest BCUT2D eigenvalue weighted by Gasteiger charge is 1.81. The maximum Gasteiger partial charge on any atom is -0.00298 e. The summed E-state index contributed by atoms with van der Waals surface area (Å²) in [5.41, 5.74) is 6.49. The Morgan fingerprint density at radius 3 is 2.50 bits per heavy atom. The van der Waals surface area contributed by atoms with Crippen LogP contribution in [-0.2, 0) is 0 Å². The van der Waals surface area contributed by atoms with Gasteiger partial charge in [-0.2, -0.15) is 0 Å². The van der Waals surface area contributed by atoms with Crippen LogP contribution in [0.15, 0.2) is 36.1 Å². The summed E-state index contributed by atoms with van der Waals surface area (Å²) in [7, 11) is 0. The molecule has 2 N–H and O–H groups in total. The van der Waals surface area contributed by atoms with E-state index in [-0.39, 0.29) is 0 Å². The van der Waals surface area contributed by atoms with Crippen molar-refractivity contribution in [3.05, 3.63) is 36.1 Å². The molecule has 0 atom stereocenters. The minimum Gasteiger partial charge on any atom is -0.404 e. The van der Waals surface area contributed by atoms with Crippen LogP contribution in [0.4, 0.5) is 0 Å². The molecule has 0 radical (unpaired) electrons. The maximum atomic E-state index is 5.33. The number of rotatable bonds is 3. The van der Waals surface area contributed by atoms with Gasteiger partial charge in [0.25, 0.3) is 0 Å². The van der Waals surface area contributed by atoms with Gasteiger partial charge in [0.2, 0.25) is 0 Å². The summed E-state index contributed by atoms with van der Waals surface area (Å²) in [6, 6.07) is 0. The van der Waals surface area contributed by atoms with Crippen LogP contribution in [0, 0.1) is 0 Å². The second-order valence-corrected chi connectivity index (χ2v) is 1.98. The predicted octanol–water partition coefficient (Wildman–Crippen LogP) is 2.37. The van der Waals surface area contributed by atoms with Crippen LogP contribution in [-0.4, -0.2) is 0 Å². The lowest BCUT2D eigenvalue weighted by atomic mass is 10.2. The van der Waals surface area contributed by atoms with E-state index < -0.39 is 0 Å². The highest BCUT2D eigenvalue weighted by Crippen LogP contribution is 1.99. The van der Waals surface area contributed by atoms with Crippen LogP contribution < -0.4 is 5.73 Å². The molecule has 0 unspecified atom stereocenters. The van der Waals surface area contributed by atoms with Crippen molar-refractivity contribution in [2.24, 2.45) is 5.73 Å². The molecule has 0 aliphatic rings. The Labute approximate surface area is 62.9 Å². The van der Waals surface area contributed by atoms with Gasteiger partial charge < -0.3 is 5.73 Å². The summed E-state index contributed by atoms with van der Waals surface area (Å²) in [5, 5.41) is 0. The summed E-state index contributed by atoms with van der Waals surface area (Å²) in [4.78, 5) is 0. The van der Waals surface area contributed by atoms with E-state index in [9.17, 15) is 0 Å². The Kier molecular flexibility index (Phi) is 5.54. The molecule has 0 saturated heterocycles. The van der Waals surface area contributed by atoms with E-state index in [0.29, 0.717) is 0 Å². The fraction of sp³-hybridized carbons (Fsp3) is 0.333. The number of hydrogen-bond acceptors (Lipinski definition) is 1. The quantitative estimate of drug-likeness (QED) is 0.594. The Morgan fingerprint density at radius 1 is 1.40 bits per heavy atom. The topological polar surface area (TPSA) is 26.0 Å². The summed E-state index contributed by atoms with van der Waals surface area (Å²) in [5.74, 6) is 0. The summed E-state index contributed by atoms with van der Waals surface area (Å²) in [6.45, 7) is 4.07. The van der Waals surface area contributed by atoms with Gasteiger partial charge in [-0.3, -0.25) is 0 Å². The number of allylic oxidation sites excluding steroid dienone is 5. The Bertz CT molecular complexity index is 152. The first kappa shape index (κ1) is 9.02. The summed E-state index contributed by atoms with van der Waals surface area (Å²) in [6.07, 6.45) is 10.6. The smallest absolute Gasteiger partial charge is 0.00298 e. The highest BCUT2D eigenvalue weighted by molar-refractivity contribution is 5.20. The van der Waals surface area contributed by atoms with Crippen molar-refractivity contribution >= 4 is 0 Å². The van der Waals surface area contributed by atoms with Crippen LogP contribution in [0.2, 0.25) is 0 Å². The predicted molar refractivity (Wildman–Crippen MR) is 46.5 cm³/mol. The van der Waals surface area contributed by atoms with Crippen molar-refractivity contribution in [1.29, 1.82) is 0 Å². The molecule has 0 aromatic rings. The van der Waals surface area contributed by atoms with Gasteiger partial charge in [0, 0.05) is 0 Å². The molecule has 0 spiro atoms. The molecule has 0 rings (SSSR count). The van der Waals surface area contributed by atoms with E-state index in [1.165, 1.54) is 0 Å². The molecule has 0 saturated carbocycles. The molecule has 0 aliphatic carbocycles. The second-order valence-electron chi connectivity index (χ2n) is 1.98. The van der Waals surface area contributed by atoms with Gasteiger partial charge >= 0.3 is 0 Å². The Hall–Kier alpha value is -0.980. The van der Waals surface area contributed by atoms with E-state index in [2.05, 4.69) is 6.92 Å². The van der Waals surface area contributed by atoms with Crippen molar-refractivity contribution < 1.29 is 0 Å². The van der Waals surface area contributed by atoms with Crippen LogP contribution in [0.1, 0.15) is 20.3 Å². The average Bonchev–Trinajstić information content (AvgIpc) is 1.99. The van der Waals surface area contributed by atoms with Crippen LogP contribution in [0.3, 0.4) is 0 Å². The molecule has 0 aliphatic heterocycles. The highest BCUT2D eigenvalue weighted by atomic mass is 14.5. The Balaban J connectivity index is 3.85. The number of nitrogens with two attached hydrogens (primary N) is 1. The second kappa shape index (κ2) is 6.14. The standard InChI is InChI=1S/C9H15N/c1-3-5-6-7-9(4-2)8-10/h3,5-8H,4,10H2,1-2H3/b5-3-,7-6-,9-8-. The maximum absolute atomic E-state index is 5.33. The van der Waals surface area contributed by atoms with E-state index in [1.54, 1.807) is 6.20 Å². The fourth-order valence-corrected chi connectivity index (χ4v) is 0.582. The zero-order chi connectivity index (χ0) is 7.82. The van der Waals surface area contributed by atoms with E-state index in [4.69, 9.17) is 5.73 Å². The largest absolute Gasteiger partial charge is 0.404 e. The molecule has 1 nitrogen and oxygen atoms in total. The van der Waals surface area contributed by atoms with Gasteiger partial charge in [0.1, 0.15) is 0 Å². The minimum atomic E-state index is 0.991. The third-order valence-corrected chi connectivity index (χ3v) is 1.24. The molecule has 56 valence electrons. The van der Waals surface area contributed by atoms with Crippen LogP contribution >= 0.6 is 0 Å². The lowest BCUT2D eigenvalue weighted by molar-refractivity contribution is 1.14. The molecule has 0 fully saturated rings. The molecule has 0 aromatic carbocycles. The molecule has 0 amide bonds. The monoisotopic (exact) mass is 137 g/mol. The van der Waals surface area contributed by atoms with Crippen molar-refractivity contribution in [1.82, 2.24) is 0 Å². The minimum absolute atomic E-state index is 0.991. The number of hydrogen-bond donors (Lipinski definition) is 1. The van der Waals surface area contributed by atoms with Crippen molar-refractivity contribution in [3.63, 3.8) is 0 Å². The van der Waals surface area contributed by atoms with Crippen LogP contribution in [0.25, 0.3) is 0 Å². The van der Waals surface area contributed by atoms with Crippen LogP contribution in [0.5, 0.6) is 0 Å². The fourth-order valence-electron chi connectivity index (χ4n) is 0.582. The summed E-state index contributed by atoms with van der Waals surface area (Å²) < 4.78 is 0. The first-order valence-corrected chi connectivity index (χ1v) is 3.55. The van der Waals surface area contributed by atoms with Gasteiger partial charge in [0.05, 0.1) is 0 Å². The molecule has 1 heteroatoms. The van der Waals surface area contributed by atoms with E-state index in [1.807, 2.05) is 31.2 Å². The summed E-state index contributed by atoms with van der Waals surface area (Å²) >= 11 is 0. The average molecular weight is 137 g/mol. The van der Waals surface area contributed by atoms with Crippen molar-refractivity contribution in [3.8, 4) is 0 Å². The zero-order valence-electron chi connectivity index (χ0n) is 6.67. The Morgan fingerprint density at radius 2 is 2.10 bits per heavy atom. The van der Waals surface area contributed by atoms with E-state index in [0.717, 1.165) is 12.0 Å². The van der Waals surface area contributed by atoms with E-state index >= 15 is 0 Å². The molecular formula is C9H15N.